The second-order valence-corrected chi connectivity index (χ2v) is 5.51. The summed E-state index contributed by atoms with van der Waals surface area (Å²) in [7, 11) is 3.66. The Labute approximate surface area is 128 Å². The van der Waals surface area contributed by atoms with Crippen LogP contribution in [0.1, 0.15) is 29.7 Å². The highest BCUT2D eigenvalue weighted by Crippen LogP contribution is 2.15. The minimum Gasteiger partial charge on any atom is -0.382 e. The van der Waals surface area contributed by atoms with Gasteiger partial charge in [-0.15, -0.1) is 0 Å². The lowest BCUT2D eigenvalue weighted by Gasteiger charge is -2.15. The second kappa shape index (κ2) is 9.82. The van der Waals surface area contributed by atoms with E-state index in [1.165, 1.54) is 5.56 Å². The van der Waals surface area contributed by atoms with Gasteiger partial charge in [-0.25, -0.2) is 9.97 Å². The molecule has 0 aliphatic rings. The maximum atomic E-state index is 5.47. The fraction of sp³-hybridized carbons (Fsp3) is 0.750. The van der Waals surface area contributed by atoms with Crippen molar-refractivity contribution in [2.45, 2.75) is 33.6 Å². The molecule has 0 aliphatic carbocycles. The Hall–Kier alpha value is -1.04. The zero-order valence-corrected chi connectivity index (χ0v) is 14.0. The van der Waals surface area contributed by atoms with Gasteiger partial charge in [0.15, 0.2) is 0 Å². The van der Waals surface area contributed by atoms with Crippen molar-refractivity contribution in [3.8, 4) is 0 Å². The zero-order chi connectivity index (χ0) is 15.7. The lowest BCUT2D eigenvalue weighted by Crippen LogP contribution is -2.19. The van der Waals surface area contributed by atoms with Crippen LogP contribution in [0, 0.1) is 19.8 Å². The summed E-state index contributed by atoms with van der Waals surface area (Å²) in [5.74, 6) is 1.45. The Morgan fingerprint density at radius 1 is 1.10 bits per heavy atom. The number of aryl methyl sites for hydroxylation is 2. The topological polar surface area (TPSA) is 56.3 Å². The molecule has 5 nitrogen and oxygen atoms in total. The van der Waals surface area contributed by atoms with Crippen molar-refractivity contribution in [2.75, 3.05) is 40.5 Å². The van der Waals surface area contributed by atoms with E-state index in [-0.39, 0.29) is 0 Å². The van der Waals surface area contributed by atoms with E-state index in [1.807, 2.05) is 7.05 Å². The van der Waals surface area contributed by atoms with E-state index >= 15 is 0 Å². The number of nitrogens with one attached hydrogen (secondary N) is 1. The van der Waals surface area contributed by atoms with Crippen LogP contribution in [0.5, 0.6) is 0 Å². The second-order valence-electron chi connectivity index (χ2n) is 5.51. The number of hydrogen-bond acceptors (Lipinski definition) is 5. The molecule has 0 fully saturated rings. The standard InChI is InChI=1S/C16H29N3O2/c1-12(11-17-4)10-15-13(2)18-16(19-14(15)3)6-7-21-9-8-20-5/h12,17H,6-11H2,1-5H3. The molecule has 0 amide bonds. The van der Waals surface area contributed by atoms with Gasteiger partial charge in [0.1, 0.15) is 5.82 Å². The molecule has 21 heavy (non-hydrogen) atoms. The first-order chi connectivity index (χ1) is 10.1. The molecule has 120 valence electrons. The highest BCUT2D eigenvalue weighted by atomic mass is 16.5. The molecule has 1 heterocycles. The van der Waals surface area contributed by atoms with Crippen molar-refractivity contribution in [1.82, 2.24) is 15.3 Å². The van der Waals surface area contributed by atoms with Gasteiger partial charge in [0, 0.05) is 24.9 Å². The van der Waals surface area contributed by atoms with E-state index in [1.54, 1.807) is 7.11 Å². The fourth-order valence-corrected chi connectivity index (χ4v) is 2.39. The van der Waals surface area contributed by atoms with Crippen LogP contribution in [0.3, 0.4) is 0 Å². The molecule has 1 aromatic rings. The molecule has 5 heteroatoms. The van der Waals surface area contributed by atoms with Crippen molar-refractivity contribution in [3.63, 3.8) is 0 Å². The zero-order valence-electron chi connectivity index (χ0n) is 14.0. The highest BCUT2D eigenvalue weighted by molar-refractivity contribution is 5.25. The maximum absolute atomic E-state index is 5.47. The average molecular weight is 295 g/mol. The summed E-state index contributed by atoms with van der Waals surface area (Å²) < 4.78 is 10.4. The van der Waals surface area contributed by atoms with Crippen molar-refractivity contribution in [2.24, 2.45) is 5.92 Å². The summed E-state index contributed by atoms with van der Waals surface area (Å²) in [6.07, 6.45) is 1.76. The van der Waals surface area contributed by atoms with Crippen LogP contribution in [0.4, 0.5) is 0 Å². The molecule has 1 atom stereocenters. The normalized spacial score (nSPS) is 12.6. The Kier molecular flexibility index (Phi) is 8.42. The first-order valence-corrected chi connectivity index (χ1v) is 7.62. The molecule has 0 saturated heterocycles. The predicted molar refractivity (Wildman–Crippen MR) is 84.7 cm³/mol. The fourth-order valence-electron chi connectivity index (χ4n) is 2.39. The highest BCUT2D eigenvalue weighted by Gasteiger charge is 2.11. The van der Waals surface area contributed by atoms with Gasteiger partial charge in [0.25, 0.3) is 0 Å². The lowest BCUT2D eigenvalue weighted by molar-refractivity contribution is 0.0716. The van der Waals surface area contributed by atoms with Crippen LogP contribution in [-0.2, 0) is 22.3 Å². The van der Waals surface area contributed by atoms with Gasteiger partial charge in [0.2, 0.25) is 0 Å². The van der Waals surface area contributed by atoms with E-state index in [9.17, 15) is 0 Å². The third kappa shape index (κ3) is 6.50. The molecule has 1 aromatic heterocycles. The van der Waals surface area contributed by atoms with Crippen LogP contribution in [0.15, 0.2) is 0 Å². The molecule has 0 spiro atoms. The Morgan fingerprint density at radius 2 is 1.76 bits per heavy atom. The summed E-state index contributed by atoms with van der Waals surface area (Å²) in [6.45, 7) is 9.28. The Morgan fingerprint density at radius 3 is 2.33 bits per heavy atom. The molecule has 0 saturated carbocycles. The van der Waals surface area contributed by atoms with Crippen LogP contribution >= 0.6 is 0 Å². The Balaban J connectivity index is 2.58. The lowest BCUT2D eigenvalue weighted by atomic mass is 9.98. The van der Waals surface area contributed by atoms with E-state index in [2.05, 4.69) is 36.1 Å². The maximum Gasteiger partial charge on any atom is 0.131 e. The minimum absolute atomic E-state index is 0.583. The van der Waals surface area contributed by atoms with Gasteiger partial charge < -0.3 is 14.8 Å². The summed E-state index contributed by atoms with van der Waals surface area (Å²) in [4.78, 5) is 9.24. The molecule has 0 bridgehead atoms. The number of hydrogen-bond donors (Lipinski definition) is 1. The summed E-state index contributed by atoms with van der Waals surface area (Å²) in [5.41, 5.74) is 3.47. The van der Waals surface area contributed by atoms with Gasteiger partial charge in [-0.3, -0.25) is 0 Å². The van der Waals surface area contributed by atoms with Gasteiger partial charge in [-0.05, 0) is 45.3 Å². The largest absolute Gasteiger partial charge is 0.382 e. The summed E-state index contributed by atoms with van der Waals surface area (Å²) >= 11 is 0. The third-order valence-corrected chi connectivity index (χ3v) is 3.47. The third-order valence-electron chi connectivity index (χ3n) is 3.47. The minimum atomic E-state index is 0.583. The Bertz CT molecular complexity index is 401. The number of aromatic nitrogens is 2. The molecule has 1 N–H and O–H groups in total. The number of ether oxygens (including phenoxy) is 2. The number of rotatable bonds is 10. The van der Waals surface area contributed by atoms with E-state index in [0.29, 0.717) is 25.7 Å². The van der Waals surface area contributed by atoms with Gasteiger partial charge in [-0.1, -0.05) is 6.92 Å². The van der Waals surface area contributed by atoms with Gasteiger partial charge in [0.05, 0.1) is 19.8 Å². The molecule has 0 radical (unpaired) electrons. The van der Waals surface area contributed by atoms with Crippen molar-refractivity contribution in [3.05, 3.63) is 22.8 Å². The smallest absolute Gasteiger partial charge is 0.131 e. The van der Waals surface area contributed by atoms with Crippen LogP contribution in [0.25, 0.3) is 0 Å². The first kappa shape index (κ1) is 18.0. The molecular weight excluding hydrogens is 266 g/mol. The molecule has 1 unspecified atom stereocenters. The monoisotopic (exact) mass is 295 g/mol. The molecular formula is C16H29N3O2. The first-order valence-electron chi connectivity index (χ1n) is 7.62. The SMILES string of the molecule is CNCC(C)Cc1c(C)nc(CCOCCOC)nc1C. The summed E-state index contributed by atoms with van der Waals surface area (Å²) in [6, 6.07) is 0. The van der Waals surface area contributed by atoms with Crippen molar-refractivity contribution in [1.29, 1.82) is 0 Å². The van der Waals surface area contributed by atoms with Crippen molar-refractivity contribution >= 4 is 0 Å². The van der Waals surface area contributed by atoms with E-state index < -0.39 is 0 Å². The molecule has 0 aromatic carbocycles. The van der Waals surface area contributed by atoms with Crippen LogP contribution in [0.2, 0.25) is 0 Å². The average Bonchev–Trinajstić information content (AvgIpc) is 2.43. The predicted octanol–water partition coefficient (Wildman–Crippen LogP) is 1.70. The molecule has 1 rings (SSSR count). The van der Waals surface area contributed by atoms with Gasteiger partial charge >= 0.3 is 0 Å². The van der Waals surface area contributed by atoms with E-state index in [4.69, 9.17) is 9.47 Å². The van der Waals surface area contributed by atoms with E-state index in [0.717, 1.165) is 36.6 Å². The number of methoxy groups -OCH3 is 1. The molecule has 0 aliphatic heterocycles. The summed E-state index contributed by atoms with van der Waals surface area (Å²) in [5, 5.41) is 3.22. The quantitative estimate of drug-likeness (QED) is 0.666. The van der Waals surface area contributed by atoms with Crippen LogP contribution in [-0.4, -0.2) is 50.5 Å². The van der Waals surface area contributed by atoms with Crippen molar-refractivity contribution < 1.29 is 9.47 Å². The van der Waals surface area contributed by atoms with Crippen LogP contribution < -0.4 is 5.32 Å². The number of nitrogens with zero attached hydrogens (tertiary/aromatic N) is 2. The van der Waals surface area contributed by atoms with Gasteiger partial charge in [-0.2, -0.15) is 0 Å².